The molecule has 1 aliphatic heterocycles. The van der Waals surface area contributed by atoms with E-state index >= 15 is 0 Å². The van der Waals surface area contributed by atoms with Crippen molar-refractivity contribution in [2.24, 2.45) is 0 Å². The molecule has 0 saturated carbocycles. The lowest BCUT2D eigenvalue weighted by molar-refractivity contribution is -0.156. The van der Waals surface area contributed by atoms with Crippen molar-refractivity contribution < 1.29 is 9.53 Å². The lowest BCUT2D eigenvalue weighted by atomic mass is 10.0. The van der Waals surface area contributed by atoms with Gasteiger partial charge in [-0.05, 0) is 36.1 Å². The van der Waals surface area contributed by atoms with Gasteiger partial charge in [-0.3, -0.25) is 9.69 Å². The minimum Gasteiger partial charge on any atom is -0.363 e. The van der Waals surface area contributed by atoms with E-state index in [4.69, 9.17) is 4.74 Å². The molecular formula is C16H21N3O2. The van der Waals surface area contributed by atoms with Crippen molar-refractivity contribution in [3.8, 4) is 0 Å². The topological polar surface area (TPSA) is 57.4 Å². The molecule has 0 spiro atoms. The van der Waals surface area contributed by atoms with E-state index < -0.39 is 5.60 Å². The first-order chi connectivity index (χ1) is 10.1. The summed E-state index contributed by atoms with van der Waals surface area (Å²) in [7, 11) is 1.65. The Balaban J connectivity index is 1.73. The maximum absolute atomic E-state index is 12.0. The molecule has 3 rings (SSSR count). The fourth-order valence-corrected chi connectivity index (χ4v) is 2.95. The van der Waals surface area contributed by atoms with Gasteiger partial charge in [0.1, 0.15) is 0 Å². The van der Waals surface area contributed by atoms with Crippen LogP contribution in [0.4, 0.5) is 0 Å². The molecule has 0 unspecified atom stereocenters. The van der Waals surface area contributed by atoms with Gasteiger partial charge in [0.25, 0.3) is 5.91 Å². The number of rotatable bonds is 3. The summed E-state index contributed by atoms with van der Waals surface area (Å²) in [6, 6.07) is 8.50. The second kappa shape index (κ2) is 5.50. The number of benzene rings is 1. The van der Waals surface area contributed by atoms with E-state index in [1.54, 1.807) is 7.05 Å². The Bertz CT molecular complexity index is 652. The minimum atomic E-state index is -0.759. The quantitative estimate of drug-likeness (QED) is 0.899. The van der Waals surface area contributed by atoms with Gasteiger partial charge in [-0.1, -0.05) is 6.07 Å². The number of morpholine rings is 1. The summed E-state index contributed by atoms with van der Waals surface area (Å²) in [5, 5.41) is 3.90. The van der Waals surface area contributed by atoms with Gasteiger partial charge in [0.05, 0.1) is 6.61 Å². The first kappa shape index (κ1) is 14.1. The zero-order valence-corrected chi connectivity index (χ0v) is 12.5. The number of hydrogen-bond donors (Lipinski definition) is 2. The summed E-state index contributed by atoms with van der Waals surface area (Å²) in [6.45, 7) is 4.72. The number of H-pyrrole nitrogens is 1. The Hall–Kier alpha value is -1.85. The number of likely N-dealkylation sites (N-methyl/N-ethyl adjacent to an activating group) is 1. The van der Waals surface area contributed by atoms with Crippen LogP contribution in [0, 0.1) is 0 Å². The standard InChI is InChI=1S/C16H21N3O2/c1-16(15(20)17-2)11-19(7-8-21-16)10-12-3-4-14-13(9-12)5-6-18-14/h3-6,9,18H,7-8,10-11H2,1-2H3,(H,17,20)/t16-/m0/s1. The van der Waals surface area contributed by atoms with Crippen LogP contribution in [0.5, 0.6) is 0 Å². The Morgan fingerprint density at radius 1 is 1.48 bits per heavy atom. The van der Waals surface area contributed by atoms with E-state index in [0.29, 0.717) is 13.2 Å². The van der Waals surface area contributed by atoms with Crippen molar-refractivity contribution in [3.05, 3.63) is 36.0 Å². The van der Waals surface area contributed by atoms with Gasteiger partial charge in [-0.2, -0.15) is 0 Å². The van der Waals surface area contributed by atoms with Gasteiger partial charge < -0.3 is 15.0 Å². The molecule has 2 aromatic rings. The number of aromatic nitrogens is 1. The second-order valence-electron chi connectivity index (χ2n) is 5.77. The number of fused-ring (bicyclic) bond motifs is 1. The van der Waals surface area contributed by atoms with E-state index in [2.05, 4.69) is 39.5 Å². The van der Waals surface area contributed by atoms with Crippen molar-refractivity contribution in [3.63, 3.8) is 0 Å². The van der Waals surface area contributed by atoms with E-state index in [-0.39, 0.29) is 5.91 Å². The molecule has 112 valence electrons. The van der Waals surface area contributed by atoms with Crippen LogP contribution >= 0.6 is 0 Å². The number of nitrogens with zero attached hydrogens (tertiary/aromatic N) is 1. The molecule has 1 amide bonds. The summed E-state index contributed by atoms with van der Waals surface area (Å²) >= 11 is 0. The normalized spacial score (nSPS) is 23.3. The van der Waals surface area contributed by atoms with Crippen molar-refractivity contribution >= 4 is 16.8 Å². The molecule has 21 heavy (non-hydrogen) atoms. The van der Waals surface area contributed by atoms with Crippen molar-refractivity contribution in [1.29, 1.82) is 0 Å². The lowest BCUT2D eigenvalue weighted by Gasteiger charge is -2.39. The van der Waals surface area contributed by atoms with E-state index in [1.165, 1.54) is 10.9 Å². The molecule has 0 radical (unpaired) electrons. The van der Waals surface area contributed by atoms with E-state index in [1.807, 2.05) is 13.1 Å². The fourth-order valence-electron chi connectivity index (χ4n) is 2.95. The van der Waals surface area contributed by atoms with Crippen LogP contribution in [0.15, 0.2) is 30.5 Å². The number of aromatic amines is 1. The third-order valence-electron chi connectivity index (χ3n) is 4.08. The van der Waals surface area contributed by atoms with Crippen LogP contribution in [0.3, 0.4) is 0 Å². The number of nitrogens with one attached hydrogen (secondary N) is 2. The van der Waals surface area contributed by atoms with Crippen LogP contribution < -0.4 is 5.32 Å². The maximum Gasteiger partial charge on any atom is 0.253 e. The van der Waals surface area contributed by atoms with Gasteiger partial charge in [0, 0.05) is 38.4 Å². The smallest absolute Gasteiger partial charge is 0.253 e. The first-order valence-corrected chi connectivity index (χ1v) is 7.25. The Morgan fingerprint density at radius 3 is 3.14 bits per heavy atom. The highest BCUT2D eigenvalue weighted by Gasteiger charge is 2.38. The van der Waals surface area contributed by atoms with Gasteiger partial charge in [0.15, 0.2) is 5.60 Å². The highest BCUT2D eigenvalue weighted by molar-refractivity contribution is 5.85. The molecule has 1 aliphatic rings. The van der Waals surface area contributed by atoms with Crippen LogP contribution in [0.25, 0.3) is 10.9 Å². The number of amides is 1. The molecule has 2 heterocycles. The average molecular weight is 287 g/mol. The molecule has 5 nitrogen and oxygen atoms in total. The summed E-state index contributed by atoms with van der Waals surface area (Å²) < 4.78 is 5.69. The number of hydrogen-bond acceptors (Lipinski definition) is 3. The zero-order chi connectivity index (χ0) is 14.9. The van der Waals surface area contributed by atoms with Crippen molar-refractivity contribution in [1.82, 2.24) is 15.2 Å². The molecule has 5 heteroatoms. The molecule has 1 aromatic heterocycles. The molecule has 0 bridgehead atoms. The predicted molar refractivity (Wildman–Crippen MR) is 82.0 cm³/mol. The van der Waals surface area contributed by atoms with Crippen LogP contribution in [-0.4, -0.2) is 48.1 Å². The average Bonchev–Trinajstić information content (AvgIpc) is 2.94. The molecule has 1 aromatic carbocycles. The Labute approximate surface area is 124 Å². The third kappa shape index (κ3) is 2.80. The minimum absolute atomic E-state index is 0.0618. The summed E-state index contributed by atoms with van der Waals surface area (Å²) in [4.78, 5) is 17.4. The van der Waals surface area contributed by atoms with Crippen molar-refractivity contribution in [2.75, 3.05) is 26.7 Å². The van der Waals surface area contributed by atoms with Gasteiger partial charge in [-0.25, -0.2) is 0 Å². The zero-order valence-electron chi connectivity index (χ0n) is 12.5. The van der Waals surface area contributed by atoms with Gasteiger partial charge in [0.2, 0.25) is 0 Å². The number of ether oxygens (including phenoxy) is 1. The second-order valence-corrected chi connectivity index (χ2v) is 5.77. The van der Waals surface area contributed by atoms with Gasteiger partial charge in [-0.15, -0.1) is 0 Å². The maximum atomic E-state index is 12.0. The monoisotopic (exact) mass is 287 g/mol. The van der Waals surface area contributed by atoms with Crippen molar-refractivity contribution in [2.45, 2.75) is 19.1 Å². The highest BCUT2D eigenvalue weighted by Crippen LogP contribution is 2.21. The Kier molecular flexibility index (Phi) is 3.69. The molecule has 1 saturated heterocycles. The molecule has 0 aliphatic carbocycles. The lowest BCUT2D eigenvalue weighted by Crippen LogP contribution is -2.57. The predicted octanol–water partition coefficient (Wildman–Crippen LogP) is 1.50. The summed E-state index contributed by atoms with van der Waals surface area (Å²) in [5.41, 5.74) is 1.64. The van der Waals surface area contributed by atoms with Crippen LogP contribution in [0.2, 0.25) is 0 Å². The van der Waals surface area contributed by atoms with Crippen LogP contribution in [0.1, 0.15) is 12.5 Å². The number of carbonyl (C=O) groups is 1. The molecule has 1 fully saturated rings. The SMILES string of the molecule is CNC(=O)[C@]1(C)CN(Cc2ccc3[nH]ccc3c2)CCO1. The summed E-state index contributed by atoms with van der Waals surface area (Å²) in [6.07, 6.45) is 1.95. The van der Waals surface area contributed by atoms with E-state index in [0.717, 1.165) is 18.6 Å². The molecular weight excluding hydrogens is 266 g/mol. The summed E-state index contributed by atoms with van der Waals surface area (Å²) in [5.74, 6) is -0.0618. The Morgan fingerprint density at radius 2 is 2.33 bits per heavy atom. The fraction of sp³-hybridized carbons (Fsp3) is 0.438. The third-order valence-corrected chi connectivity index (χ3v) is 4.08. The van der Waals surface area contributed by atoms with Gasteiger partial charge >= 0.3 is 0 Å². The first-order valence-electron chi connectivity index (χ1n) is 7.25. The van der Waals surface area contributed by atoms with E-state index in [9.17, 15) is 4.79 Å². The highest BCUT2D eigenvalue weighted by atomic mass is 16.5. The molecule has 2 N–H and O–H groups in total. The van der Waals surface area contributed by atoms with Crippen LogP contribution in [-0.2, 0) is 16.1 Å². The molecule has 1 atom stereocenters. The number of carbonyl (C=O) groups excluding carboxylic acids is 1. The largest absolute Gasteiger partial charge is 0.363 e.